The van der Waals surface area contributed by atoms with Crippen LogP contribution in [0.15, 0.2) is 78.9 Å². The van der Waals surface area contributed by atoms with E-state index < -0.39 is 6.04 Å². The van der Waals surface area contributed by atoms with Gasteiger partial charge in [0.2, 0.25) is 11.8 Å². The molecule has 0 unspecified atom stereocenters. The Hall–Kier alpha value is -3.64. The van der Waals surface area contributed by atoms with Crippen molar-refractivity contribution in [3.05, 3.63) is 95.0 Å². The number of rotatable bonds is 7. The molecule has 3 rings (SSSR count). The standard InChI is InChI=1S/C24H22ClN3O3/c1-16(29)26-22(17-7-3-2-4-8-17)15-23(30)27-20-9-5-6-10-21(20)28-24(31)18-11-13-19(25)14-12-18/h2-14,22H,15H2,1H3,(H,26,29)(H,27,30)(H,28,31)/t22-/m0/s1. The maximum atomic E-state index is 12.7. The van der Waals surface area contributed by atoms with Crippen LogP contribution in [0.1, 0.15) is 35.3 Å². The molecular weight excluding hydrogens is 414 g/mol. The average molecular weight is 436 g/mol. The molecule has 0 saturated heterocycles. The number of hydrogen-bond acceptors (Lipinski definition) is 3. The Bertz CT molecular complexity index is 1070. The summed E-state index contributed by atoms with van der Waals surface area (Å²) >= 11 is 5.87. The maximum Gasteiger partial charge on any atom is 0.255 e. The molecule has 1 atom stereocenters. The van der Waals surface area contributed by atoms with Crippen molar-refractivity contribution in [2.45, 2.75) is 19.4 Å². The van der Waals surface area contributed by atoms with Crippen LogP contribution in [0.5, 0.6) is 0 Å². The summed E-state index contributed by atoms with van der Waals surface area (Å²) in [5.41, 5.74) is 2.20. The molecule has 0 aromatic heterocycles. The quantitative estimate of drug-likeness (QED) is 0.498. The van der Waals surface area contributed by atoms with Gasteiger partial charge >= 0.3 is 0 Å². The molecule has 0 saturated carbocycles. The van der Waals surface area contributed by atoms with Crippen LogP contribution in [0, 0.1) is 0 Å². The highest BCUT2D eigenvalue weighted by atomic mass is 35.5. The van der Waals surface area contributed by atoms with Gasteiger partial charge in [0.1, 0.15) is 0 Å². The highest BCUT2D eigenvalue weighted by Crippen LogP contribution is 2.24. The van der Waals surface area contributed by atoms with Crippen molar-refractivity contribution in [1.29, 1.82) is 0 Å². The molecule has 0 radical (unpaired) electrons. The highest BCUT2D eigenvalue weighted by molar-refractivity contribution is 6.30. The zero-order valence-electron chi connectivity index (χ0n) is 16.9. The van der Waals surface area contributed by atoms with Crippen LogP contribution in [0.3, 0.4) is 0 Å². The van der Waals surface area contributed by atoms with E-state index in [-0.39, 0.29) is 24.1 Å². The van der Waals surface area contributed by atoms with Gasteiger partial charge in [0.15, 0.2) is 0 Å². The molecule has 3 aromatic rings. The predicted octanol–water partition coefficient (Wildman–Crippen LogP) is 4.80. The van der Waals surface area contributed by atoms with Crippen LogP contribution in [0.25, 0.3) is 0 Å². The Balaban J connectivity index is 1.71. The Morgan fingerprint density at radius 1 is 0.806 bits per heavy atom. The molecule has 0 bridgehead atoms. The van der Waals surface area contributed by atoms with Gasteiger partial charge in [-0.25, -0.2) is 0 Å². The van der Waals surface area contributed by atoms with Crippen LogP contribution >= 0.6 is 11.6 Å². The summed E-state index contributed by atoms with van der Waals surface area (Å²) in [4.78, 5) is 36.9. The number of carbonyl (C=O) groups excluding carboxylic acids is 3. The molecule has 0 spiro atoms. The van der Waals surface area contributed by atoms with E-state index in [9.17, 15) is 14.4 Å². The van der Waals surface area contributed by atoms with Gasteiger partial charge in [-0.2, -0.15) is 0 Å². The van der Waals surface area contributed by atoms with E-state index in [2.05, 4.69) is 16.0 Å². The molecule has 31 heavy (non-hydrogen) atoms. The summed E-state index contributed by atoms with van der Waals surface area (Å²) in [7, 11) is 0. The van der Waals surface area contributed by atoms with Gasteiger partial charge < -0.3 is 16.0 Å². The summed E-state index contributed by atoms with van der Waals surface area (Å²) < 4.78 is 0. The number of carbonyl (C=O) groups is 3. The van der Waals surface area contributed by atoms with Crippen molar-refractivity contribution >= 4 is 40.7 Å². The van der Waals surface area contributed by atoms with Crippen LogP contribution in [0.2, 0.25) is 5.02 Å². The van der Waals surface area contributed by atoms with Crippen molar-refractivity contribution < 1.29 is 14.4 Å². The molecule has 7 heteroatoms. The van der Waals surface area contributed by atoms with Crippen molar-refractivity contribution in [3.63, 3.8) is 0 Å². The monoisotopic (exact) mass is 435 g/mol. The summed E-state index contributed by atoms with van der Waals surface area (Å²) in [5, 5.41) is 8.97. The Morgan fingerprint density at radius 2 is 1.39 bits per heavy atom. The van der Waals surface area contributed by atoms with Crippen LogP contribution in [-0.2, 0) is 9.59 Å². The molecule has 158 valence electrons. The van der Waals surface area contributed by atoms with E-state index in [1.165, 1.54) is 6.92 Å². The largest absolute Gasteiger partial charge is 0.349 e. The third-order valence-corrected chi connectivity index (χ3v) is 4.78. The molecule has 0 heterocycles. The lowest BCUT2D eigenvalue weighted by atomic mass is 10.0. The van der Waals surface area contributed by atoms with Crippen LogP contribution < -0.4 is 16.0 Å². The molecule has 3 aromatic carbocycles. The van der Waals surface area contributed by atoms with E-state index in [4.69, 9.17) is 11.6 Å². The molecule has 0 aliphatic carbocycles. The van der Waals surface area contributed by atoms with Crippen molar-refractivity contribution in [3.8, 4) is 0 Å². The van der Waals surface area contributed by atoms with Crippen molar-refractivity contribution in [2.24, 2.45) is 0 Å². The Kier molecular flexibility index (Phi) is 7.40. The minimum absolute atomic E-state index is 0.0447. The van der Waals surface area contributed by atoms with E-state index in [1.54, 1.807) is 48.5 Å². The average Bonchev–Trinajstić information content (AvgIpc) is 2.75. The Labute approximate surface area is 185 Å². The van der Waals surface area contributed by atoms with Gasteiger partial charge in [-0.3, -0.25) is 14.4 Å². The first-order valence-corrected chi connectivity index (χ1v) is 10.1. The lowest BCUT2D eigenvalue weighted by molar-refractivity contribution is -0.120. The minimum Gasteiger partial charge on any atom is -0.349 e. The topological polar surface area (TPSA) is 87.3 Å². The van der Waals surface area contributed by atoms with Gasteiger partial charge in [0.05, 0.1) is 23.8 Å². The van der Waals surface area contributed by atoms with Crippen LogP contribution in [0.4, 0.5) is 11.4 Å². The summed E-state index contributed by atoms with van der Waals surface area (Å²) in [5.74, 6) is -0.841. The van der Waals surface area contributed by atoms with Crippen LogP contribution in [-0.4, -0.2) is 17.7 Å². The number of halogens is 1. The molecule has 3 N–H and O–H groups in total. The molecule has 0 aliphatic heterocycles. The van der Waals surface area contributed by atoms with E-state index in [1.807, 2.05) is 30.3 Å². The second kappa shape index (κ2) is 10.4. The first-order valence-electron chi connectivity index (χ1n) is 9.70. The summed E-state index contributed by atoms with van der Waals surface area (Å²) in [6.45, 7) is 1.41. The van der Waals surface area contributed by atoms with E-state index in [0.717, 1.165) is 5.56 Å². The number of anilines is 2. The normalized spacial score (nSPS) is 11.3. The zero-order chi connectivity index (χ0) is 22.2. The van der Waals surface area contributed by atoms with Gasteiger partial charge in [0.25, 0.3) is 5.91 Å². The fourth-order valence-electron chi connectivity index (χ4n) is 3.07. The fraction of sp³-hybridized carbons (Fsp3) is 0.125. The third kappa shape index (κ3) is 6.42. The fourth-order valence-corrected chi connectivity index (χ4v) is 3.19. The SMILES string of the molecule is CC(=O)N[C@@H](CC(=O)Nc1ccccc1NC(=O)c1ccc(Cl)cc1)c1ccccc1. The van der Waals surface area contributed by atoms with Crippen molar-refractivity contribution in [2.75, 3.05) is 10.6 Å². The third-order valence-electron chi connectivity index (χ3n) is 4.52. The number of nitrogens with one attached hydrogen (secondary N) is 3. The molecular formula is C24H22ClN3O3. The minimum atomic E-state index is -0.463. The molecule has 0 aliphatic rings. The summed E-state index contributed by atoms with van der Waals surface area (Å²) in [6.07, 6.45) is 0.0447. The predicted molar refractivity (Wildman–Crippen MR) is 122 cm³/mol. The first-order chi connectivity index (χ1) is 14.9. The number of amides is 3. The lowest BCUT2D eigenvalue weighted by Gasteiger charge is -2.19. The van der Waals surface area contributed by atoms with Gasteiger partial charge in [-0.15, -0.1) is 0 Å². The Morgan fingerprint density at radius 3 is 2.00 bits per heavy atom. The maximum absolute atomic E-state index is 12.7. The number of hydrogen-bond donors (Lipinski definition) is 3. The lowest BCUT2D eigenvalue weighted by Crippen LogP contribution is -2.30. The number of para-hydroxylation sites is 2. The van der Waals surface area contributed by atoms with Gasteiger partial charge in [-0.05, 0) is 42.0 Å². The summed E-state index contributed by atoms with van der Waals surface area (Å²) in [6, 6.07) is 22.3. The number of benzene rings is 3. The van der Waals surface area contributed by atoms with Gasteiger partial charge in [0, 0.05) is 17.5 Å². The first kappa shape index (κ1) is 22.1. The van der Waals surface area contributed by atoms with E-state index >= 15 is 0 Å². The molecule has 3 amide bonds. The van der Waals surface area contributed by atoms with E-state index in [0.29, 0.717) is 22.0 Å². The molecule has 6 nitrogen and oxygen atoms in total. The van der Waals surface area contributed by atoms with Gasteiger partial charge in [-0.1, -0.05) is 54.1 Å². The van der Waals surface area contributed by atoms with Crippen molar-refractivity contribution in [1.82, 2.24) is 5.32 Å². The second-order valence-corrected chi connectivity index (χ2v) is 7.36. The molecule has 0 fully saturated rings. The smallest absolute Gasteiger partial charge is 0.255 e. The highest BCUT2D eigenvalue weighted by Gasteiger charge is 2.18. The zero-order valence-corrected chi connectivity index (χ0v) is 17.6. The second-order valence-electron chi connectivity index (χ2n) is 6.92.